The van der Waals surface area contributed by atoms with Crippen molar-refractivity contribution in [2.75, 3.05) is 13.3 Å². The van der Waals surface area contributed by atoms with E-state index in [1.54, 1.807) is 41.3 Å². The van der Waals surface area contributed by atoms with Crippen LogP contribution < -0.4 is 9.47 Å². The number of carbonyl (C=O) groups is 1. The number of halogens is 3. The SMILES string of the molecule is O=C(c1ccc2c(c1)OCO2)N1CCCC1c1nc2cc(-c3ccc(C(F)(F)F)cc3)ccc2o1. The van der Waals surface area contributed by atoms with Crippen molar-refractivity contribution >= 4 is 17.0 Å². The average molecular weight is 480 g/mol. The maximum Gasteiger partial charge on any atom is 0.416 e. The van der Waals surface area contributed by atoms with Gasteiger partial charge in [-0.3, -0.25) is 4.79 Å². The lowest BCUT2D eigenvalue weighted by atomic mass is 10.0. The molecule has 0 bridgehead atoms. The monoisotopic (exact) mass is 480 g/mol. The predicted molar refractivity (Wildman–Crippen MR) is 120 cm³/mol. The second kappa shape index (κ2) is 8.04. The van der Waals surface area contributed by atoms with Crippen LogP contribution in [0.2, 0.25) is 0 Å². The third-order valence-corrected chi connectivity index (χ3v) is 6.37. The van der Waals surface area contributed by atoms with Crippen molar-refractivity contribution in [3.05, 3.63) is 77.7 Å². The molecule has 0 aliphatic carbocycles. The van der Waals surface area contributed by atoms with Gasteiger partial charge in [0.05, 0.1) is 5.56 Å². The summed E-state index contributed by atoms with van der Waals surface area (Å²) in [7, 11) is 0. The molecule has 1 fully saturated rings. The van der Waals surface area contributed by atoms with Gasteiger partial charge in [-0.25, -0.2) is 4.98 Å². The number of oxazole rings is 1. The van der Waals surface area contributed by atoms with Crippen molar-refractivity contribution < 1.29 is 31.9 Å². The first-order valence-corrected chi connectivity index (χ1v) is 11.2. The molecule has 9 heteroatoms. The molecule has 0 radical (unpaired) electrons. The molecule has 6 rings (SSSR count). The number of likely N-dealkylation sites (tertiary alicyclic amines) is 1. The summed E-state index contributed by atoms with van der Waals surface area (Å²) in [5.74, 6) is 1.46. The van der Waals surface area contributed by atoms with Crippen molar-refractivity contribution in [1.29, 1.82) is 0 Å². The van der Waals surface area contributed by atoms with Gasteiger partial charge >= 0.3 is 6.18 Å². The van der Waals surface area contributed by atoms with Crippen LogP contribution in [-0.4, -0.2) is 29.1 Å². The summed E-state index contributed by atoms with van der Waals surface area (Å²) in [6, 6.07) is 15.1. The molecular weight excluding hydrogens is 461 g/mol. The topological polar surface area (TPSA) is 64.8 Å². The quantitative estimate of drug-likeness (QED) is 0.348. The summed E-state index contributed by atoms with van der Waals surface area (Å²) in [5, 5.41) is 0. The number of aromatic nitrogens is 1. The largest absolute Gasteiger partial charge is 0.454 e. The first-order valence-electron chi connectivity index (χ1n) is 11.2. The van der Waals surface area contributed by atoms with Crippen LogP contribution in [0.5, 0.6) is 11.5 Å². The number of fused-ring (bicyclic) bond motifs is 2. The number of rotatable bonds is 3. The van der Waals surface area contributed by atoms with E-state index < -0.39 is 11.7 Å². The number of nitrogens with zero attached hydrogens (tertiary/aromatic N) is 2. The van der Waals surface area contributed by atoms with Crippen molar-refractivity contribution in [1.82, 2.24) is 9.88 Å². The van der Waals surface area contributed by atoms with E-state index in [9.17, 15) is 18.0 Å². The van der Waals surface area contributed by atoms with Gasteiger partial charge in [0.2, 0.25) is 12.7 Å². The Morgan fingerprint density at radius 3 is 2.51 bits per heavy atom. The fourth-order valence-corrected chi connectivity index (χ4v) is 4.58. The van der Waals surface area contributed by atoms with Gasteiger partial charge in [-0.05, 0) is 66.4 Å². The first-order chi connectivity index (χ1) is 16.9. The summed E-state index contributed by atoms with van der Waals surface area (Å²) in [6.07, 6.45) is -2.85. The van der Waals surface area contributed by atoms with E-state index in [1.807, 2.05) is 0 Å². The van der Waals surface area contributed by atoms with Gasteiger partial charge in [0.15, 0.2) is 17.1 Å². The van der Waals surface area contributed by atoms with Gasteiger partial charge in [0.1, 0.15) is 11.6 Å². The molecule has 0 N–H and O–H groups in total. The van der Waals surface area contributed by atoms with Crippen LogP contribution in [0.25, 0.3) is 22.2 Å². The van der Waals surface area contributed by atoms with E-state index in [0.717, 1.165) is 30.5 Å². The second-order valence-electron chi connectivity index (χ2n) is 8.53. The molecule has 3 aromatic carbocycles. The molecule has 1 amide bonds. The molecule has 0 saturated carbocycles. The summed E-state index contributed by atoms with van der Waals surface area (Å²) in [5.41, 5.74) is 2.31. The molecule has 2 aliphatic heterocycles. The number of alkyl halides is 3. The Kier molecular flexibility index (Phi) is 4.94. The van der Waals surface area contributed by atoms with Crippen LogP contribution in [0, 0.1) is 0 Å². The minimum Gasteiger partial charge on any atom is -0.454 e. The van der Waals surface area contributed by atoms with E-state index in [2.05, 4.69) is 4.98 Å². The highest BCUT2D eigenvalue weighted by atomic mass is 19.4. The molecule has 1 saturated heterocycles. The van der Waals surface area contributed by atoms with Crippen molar-refractivity contribution in [3.8, 4) is 22.6 Å². The van der Waals surface area contributed by atoms with Gasteiger partial charge in [-0.1, -0.05) is 18.2 Å². The normalized spacial score (nSPS) is 17.3. The first kappa shape index (κ1) is 21.5. The summed E-state index contributed by atoms with van der Waals surface area (Å²) < 4.78 is 55.3. The minimum atomic E-state index is -4.38. The number of hydrogen-bond acceptors (Lipinski definition) is 5. The van der Waals surface area contributed by atoms with Crippen LogP contribution in [0.15, 0.2) is 65.1 Å². The van der Waals surface area contributed by atoms with Crippen molar-refractivity contribution in [2.24, 2.45) is 0 Å². The van der Waals surface area contributed by atoms with Gasteiger partial charge in [-0.15, -0.1) is 0 Å². The van der Waals surface area contributed by atoms with Gasteiger partial charge in [-0.2, -0.15) is 13.2 Å². The fourth-order valence-electron chi connectivity index (χ4n) is 4.58. The van der Waals surface area contributed by atoms with E-state index in [-0.39, 0.29) is 18.7 Å². The molecule has 1 unspecified atom stereocenters. The van der Waals surface area contributed by atoms with E-state index >= 15 is 0 Å². The smallest absolute Gasteiger partial charge is 0.416 e. The molecule has 6 nitrogen and oxygen atoms in total. The molecule has 0 spiro atoms. The average Bonchev–Trinajstić information content (AvgIpc) is 3.61. The Hall–Kier alpha value is -4.01. The van der Waals surface area contributed by atoms with E-state index in [1.165, 1.54) is 12.1 Å². The van der Waals surface area contributed by atoms with Crippen LogP contribution in [-0.2, 0) is 6.18 Å². The fraction of sp³-hybridized carbons (Fsp3) is 0.231. The minimum absolute atomic E-state index is 0.136. The Labute approximate surface area is 197 Å². The zero-order chi connectivity index (χ0) is 24.2. The number of benzene rings is 3. The molecule has 178 valence electrons. The number of carbonyl (C=O) groups excluding carboxylic acids is 1. The molecule has 3 heterocycles. The highest BCUT2D eigenvalue weighted by molar-refractivity contribution is 5.95. The van der Waals surface area contributed by atoms with Crippen LogP contribution in [0.4, 0.5) is 13.2 Å². The molecule has 1 atom stereocenters. The highest BCUT2D eigenvalue weighted by Gasteiger charge is 2.35. The lowest BCUT2D eigenvalue weighted by Crippen LogP contribution is -2.30. The van der Waals surface area contributed by atoms with Crippen molar-refractivity contribution in [3.63, 3.8) is 0 Å². The van der Waals surface area contributed by atoms with Crippen LogP contribution in [0.1, 0.15) is 40.7 Å². The molecule has 2 aliphatic rings. The molecule has 4 aromatic rings. The molecule has 35 heavy (non-hydrogen) atoms. The molecular formula is C26H19F3N2O4. The summed E-state index contributed by atoms with van der Waals surface area (Å²) >= 11 is 0. The Bertz CT molecular complexity index is 1430. The maximum absolute atomic E-state index is 13.3. The Morgan fingerprint density at radius 2 is 1.71 bits per heavy atom. The lowest BCUT2D eigenvalue weighted by molar-refractivity contribution is -0.137. The van der Waals surface area contributed by atoms with Crippen LogP contribution in [0.3, 0.4) is 0 Å². The zero-order valence-corrected chi connectivity index (χ0v) is 18.3. The summed E-state index contributed by atoms with van der Waals surface area (Å²) in [6.45, 7) is 0.712. The van der Waals surface area contributed by atoms with Gasteiger partial charge in [0, 0.05) is 12.1 Å². The summed E-state index contributed by atoms with van der Waals surface area (Å²) in [4.78, 5) is 19.6. The van der Waals surface area contributed by atoms with E-state index in [4.69, 9.17) is 13.9 Å². The molecule has 1 aromatic heterocycles. The predicted octanol–water partition coefficient (Wildman–Crippen LogP) is 6.22. The Morgan fingerprint density at radius 1 is 0.943 bits per heavy atom. The van der Waals surface area contributed by atoms with Gasteiger partial charge in [0.25, 0.3) is 5.91 Å². The number of ether oxygens (including phenoxy) is 2. The Balaban J connectivity index is 1.27. The standard InChI is InChI=1S/C26H19F3N2O4/c27-26(28,29)18-7-3-15(4-8-18)16-5-9-21-19(12-16)30-24(35-21)20-2-1-11-31(20)25(32)17-6-10-22-23(13-17)34-14-33-22/h3-10,12-13,20H,1-2,11,14H2. The second-order valence-corrected chi connectivity index (χ2v) is 8.53. The third-order valence-electron chi connectivity index (χ3n) is 6.37. The highest BCUT2D eigenvalue weighted by Crippen LogP contribution is 2.38. The number of amides is 1. The maximum atomic E-state index is 13.3. The van der Waals surface area contributed by atoms with Crippen molar-refractivity contribution in [2.45, 2.75) is 25.1 Å². The van der Waals surface area contributed by atoms with E-state index in [0.29, 0.717) is 46.2 Å². The zero-order valence-electron chi connectivity index (χ0n) is 18.3. The van der Waals surface area contributed by atoms with Gasteiger partial charge < -0.3 is 18.8 Å². The third kappa shape index (κ3) is 3.86. The lowest BCUT2D eigenvalue weighted by Gasteiger charge is -2.22. The number of hydrogen-bond donors (Lipinski definition) is 0. The van der Waals surface area contributed by atoms with Crippen LogP contribution >= 0.6 is 0 Å².